The van der Waals surface area contributed by atoms with Gasteiger partial charge in [0, 0.05) is 10.8 Å². The number of thiophene rings is 1. The molecule has 0 unspecified atom stereocenters. The minimum Gasteiger partial charge on any atom is -0.481 e. The van der Waals surface area contributed by atoms with Gasteiger partial charge in [-0.25, -0.2) is 0 Å². The Hall–Kier alpha value is -2.22. The molecule has 2 atom stereocenters. The fourth-order valence-corrected chi connectivity index (χ4v) is 5.60. The molecule has 2 aliphatic rings. The number of carbonyl (C=O) groups excluding carboxylic acids is 1. The van der Waals surface area contributed by atoms with E-state index in [4.69, 9.17) is 4.52 Å². The Morgan fingerprint density at radius 1 is 1.17 bits per heavy atom. The van der Waals surface area contributed by atoms with Crippen LogP contribution in [0.15, 0.2) is 4.52 Å². The molecule has 0 bridgehead atoms. The van der Waals surface area contributed by atoms with Crippen molar-refractivity contribution in [3.8, 4) is 11.5 Å². The van der Waals surface area contributed by atoms with E-state index >= 15 is 0 Å². The van der Waals surface area contributed by atoms with Crippen molar-refractivity contribution in [2.75, 3.05) is 5.32 Å². The first kappa shape index (κ1) is 21.0. The Bertz CT molecular complexity index is 931. The smallest absolute Gasteiger partial charge is 0.307 e. The number of nitrogens with one attached hydrogen (secondary N) is 1. The van der Waals surface area contributed by atoms with E-state index in [1.165, 1.54) is 4.88 Å². The van der Waals surface area contributed by atoms with Crippen LogP contribution in [0.1, 0.15) is 81.0 Å². The zero-order chi connectivity index (χ0) is 21.3. The van der Waals surface area contributed by atoms with Crippen LogP contribution in [0.2, 0.25) is 0 Å². The zero-order valence-corrected chi connectivity index (χ0v) is 18.4. The molecule has 0 aliphatic heterocycles. The number of carbonyl (C=O) groups is 2. The predicted molar refractivity (Wildman–Crippen MR) is 115 cm³/mol. The summed E-state index contributed by atoms with van der Waals surface area (Å²) in [6, 6.07) is 0. The maximum Gasteiger partial charge on any atom is 0.307 e. The van der Waals surface area contributed by atoms with Crippen molar-refractivity contribution in [3.05, 3.63) is 16.3 Å². The van der Waals surface area contributed by atoms with E-state index < -0.39 is 17.8 Å². The fourth-order valence-electron chi connectivity index (χ4n) is 4.42. The lowest BCUT2D eigenvalue weighted by Gasteiger charge is -2.27. The van der Waals surface area contributed by atoms with Crippen LogP contribution in [0, 0.1) is 11.8 Å². The lowest BCUT2D eigenvalue weighted by atomic mass is 9.79. The Balaban J connectivity index is 1.67. The molecular weight excluding hydrogens is 402 g/mol. The lowest BCUT2D eigenvalue weighted by Crippen LogP contribution is -2.36. The second-order valence-corrected chi connectivity index (χ2v) is 9.47. The molecular formula is C22H29N3O4S. The molecule has 30 heavy (non-hydrogen) atoms. The molecule has 0 spiro atoms. The largest absolute Gasteiger partial charge is 0.481 e. The molecule has 162 valence electrons. The van der Waals surface area contributed by atoms with Crippen LogP contribution in [-0.2, 0) is 22.4 Å². The van der Waals surface area contributed by atoms with Gasteiger partial charge in [0.25, 0.3) is 5.89 Å². The molecule has 2 fully saturated rings. The third-order valence-corrected chi connectivity index (χ3v) is 7.46. The van der Waals surface area contributed by atoms with Crippen LogP contribution in [0.4, 0.5) is 5.00 Å². The molecule has 0 radical (unpaired) electrons. The fraction of sp³-hybridized carbons (Fsp3) is 0.636. The van der Waals surface area contributed by atoms with Gasteiger partial charge in [-0.2, -0.15) is 4.98 Å². The van der Waals surface area contributed by atoms with Gasteiger partial charge >= 0.3 is 5.97 Å². The van der Waals surface area contributed by atoms with E-state index in [2.05, 4.69) is 29.3 Å². The maximum absolute atomic E-state index is 13.1. The highest BCUT2D eigenvalue weighted by molar-refractivity contribution is 7.17. The van der Waals surface area contributed by atoms with E-state index in [9.17, 15) is 14.7 Å². The second kappa shape index (κ2) is 8.88. The first-order valence-corrected chi connectivity index (χ1v) is 11.9. The minimum absolute atomic E-state index is 0.211. The maximum atomic E-state index is 13.1. The molecule has 2 aromatic rings. The average Bonchev–Trinajstić information content (AvgIpc) is 3.38. The van der Waals surface area contributed by atoms with Crippen molar-refractivity contribution in [2.45, 2.75) is 77.6 Å². The van der Waals surface area contributed by atoms with Crippen LogP contribution in [0.5, 0.6) is 0 Å². The van der Waals surface area contributed by atoms with Gasteiger partial charge < -0.3 is 14.9 Å². The zero-order valence-electron chi connectivity index (χ0n) is 17.6. The standard InChI is InChI=1S/C22H29N3O4S/c1-3-7-15-16(4-2)30-21(17(15)20-23-18(25-29-20)12-10-11-12)24-19(26)13-8-5-6-9-14(13)22(27)28/h12-14H,3-11H2,1-2H3,(H,24,26)(H,27,28)/t13-,14+/m0/s1. The number of hydrogen-bond acceptors (Lipinski definition) is 6. The number of aliphatic carboxylic acids is 1. The highest BCUT2D eigenvalue weighted by Gasteiger charge is 2.37. The number of carboxylic acid groups (broad SMARTS) is 1. The molecule has 2 aliphatic carbocycles. The number of rotatable bonds is 8. The van der Waals surface area contributed by atoms with Crippen molar-refractivity contribution in [3.63, 3.8) is 0 Å². The lowest BCUT2D eigenvalue weighted by molar-refractivity contribution is -0.147. The number of amides is 1. The molecule has 0 saturated heterocycles. The summed E-state index contributed by atoms with van der Waals surface area (Å²) >= 11 is 1.55. The third-order valence-electron chi connectivity index (χ3n) is 6.17. The van der Waals surface area contributed by atoms with Crippen molar-refractivity contribution in [1.82, 2.24) is 10.1 Å². The summed E-state index contributed by atoms with van der Waals surface area (Å²) in [4.78, 5) is 30.6. The Labute approximate surface area is 180 Å². The summed E-state index contributed by atoms with van der Waals surface area (Å²) < 4.78 is 5.62. The van der Waals surface area contributed by atoms with Crippen LogP contribution in [0.25, 0.3) is 11.5 Å². The van der Waals surface area contributed by atoms with Crippen LogP contribution in [-0.4, -0.2) is 27.1 Å². The van der Waals surface area contributed by atoms with Crippen molar-refractivity contribution < 1.29 is 19.2 Å². The van der Waals surface area contributed by atoms with Crippen LogP contribution >= 0.6 is 11.3 Å². The number of nitrogens with zero attached hydrogens (tertiary/aromatic N) is 2. The molecule has 2 heterocycles. The third kappa shape index (κ3) is 4.15. The van der Waals surface area contributed by atoms with Gasteiger partial charge in [-0.05, 0) is 44.1 Å². The van der Waals surface area contributed by atoms with E-state index in [1.54, 1.807) is 11.3 Å². The molecule has 1 amide bonds. The molecule has 2 saturated carbocycles. The van der Waals surface area contributed by atoms with E-state index in [1.807, 2.05) is 0 Å². The summed E-state index contributed by atoms with van der Waals surface area (Å²) in [6.45, 7) is 4.23. The normalized spacial score (nSPS) is 21.5. The van der Waals surface area contributed by atoms with E-state index in [0.29, 0.717) is 29.7 Å². The Kier molecular flexibility index (Phi) is 6.22. The highest BCUT2D eigenvalue weighted by Crippen LogP contribution is 2.44. The molecule has 2 aromatic heterocycles. The number of hydrogen-bond donors (Lipinski definition) is 2. The SMILES string of the molecule is CCCc1c(CC)sc(NC(=O)[C@H]2CCCC[C@H]2C(=O)O)c1-c1nc(C2CC2)no1. The van der Waals surface area contributed by atoms with Crippen molar-refractivity contribution in [2.24, 2.45) is 11.8 Å². The molecule has 4 rings (SSSR count). The van der Waals surface area contributed by atoms with Gasteiger partial charge in [-0.1, -0.05) is 38.3 Å². The average molecular weight is 432 g/mol. The van der Waals surface area contributed by atoms with Crippen molar-refractivity contribution in [1.29, 1.82) is 0 Å². The Morgan fingerprint density at radius 2 is 1.90 bits per heavy atom. The quantitative estimate of drug-likeness (QED) is 0.608. The summed E-state index contributed by atoms with van der Waals surface area (Å²) in [5.41, 5.74) is 1.99. The molecule has 2 N–H and O–H groups in total. The Morgan fingerprint density at radius 3 is 2.53 bits per heavy atom. The van der Waals surface area contributed by atoms with Gasteiger partial charge in [-0.3, -0.25) is 9.59 Å². The first-order chi connectivity index (χ1) is 14.5. The van der Waals surface area contributed by atoms with Gasteiger partial charge in [-0.15, -0.1) is 11.3 Å². The van der Waals surface area contributed by atoms with Crippen molar-refractivity contribution >= 4 is 28.2 Å². The molecule has 7 nitrogen and oxygen atoms in total. The minimum atomic E-state index is -0.881. The number of aromatic nitrogens is 2. The second-order valence-electron chi connectivity index (χ2n) is 8.37. The van der Waals surface area contributed by atoms with Gasteiger partial charge in [0.1, 0.15) is 5.00 Å². The van der Waals surface area contributed by atoms with Gasteiger partial charge in [0.15, 0.2) is 5.82 Å². The summed E-state index contributed by atoms with van der Waals surface area (Å²) in [6.07, 6.45) is 7.78. The van der Waals surface area contributed by atoms with E-state index in [-0.39, 0.29) is 5.91 Å². The molecule has 8 heteroatoms. The van der Waals surface area contributed by atoms with Gasteiger partial charge in [0.2, 0.25) is 5.91 Å². The van der Waals surface area contributed by atoms with Gasteiger partial charge in [0.05, 0.1) is 17.4 Å². The van der Waals surface area contributed by atoms with E-state index in [0.717, 1.165) is 61.9 Å². The van der Waals surface area contributed by atoms with Crippen LogP contribution < -0.4 is 5.32 Å². The topological polar surface area (TPSA) is 105 Å². The van der Waals surface area contributed by atoms with Crippen LogP contribution in [0.3, 0.4) is 0 Å². The number of carboxylic acids is 1. The summed E-state index contributed by atoms with van der Waals surface area (Å²) in [7, 11) is 0. The predicted octanol–water partition coefficient (Wildman–Crippen LogP) is 5.02. The summed E-state index contributed by atoms with van der Waals surface area (Å²) in [5.74, 6) is -0.621. The number of aryl methyl sites for hydroxylation is 1. The number of anilines is 1. The molecule has 0 aromatic carbocycles. The summed E-state index contributed by atoms with van der Waals surface area (Å²) in [5, 5.41) is 17.5. The first-order valence-electron chi connectivity index (χ1n) is 11.1. The monoisotopic (exact) mass is 431 g/mol. The highest BCUT2D eigenvalue weighted by atomic mass is 32.1.